The van der Waals surface area contributed by atoms with E-state index in [1.165, 1.54) is 0 Å². The standard InChI is InChI=1S/C14H20N2O2/c17-11-13-5-9-16(10-6-13)14(18)2-1-12-3-7-15-8-4-12/h3-4,7-8,13,17H,1-2,5-6,9-11H2. The van der Waals surface area contributed by atoms with Gasteiger partial charge < -0.3 is 10.0 Å². The second kappa shape index (κ2) is 6.50. The van der Waals surface area contributed by atoms with Crippen molar-refractivity contribution in [2.24, 2.45) is 5.92 Å². The predicted molar refractivity (Wildman–Crippen MR) is 68.9 cm³/mol. The Kier molecular flexibility index (Phi) is 4.70. The average Bonchev–Trinajstić information content (AvgIpc) is 2.46. The number of carbonyl (C=O) groups is 1. The van der Waals surface area contributed by atoms with Crippen molar-refractivity contribution < 1.29 is 9.90 Å². The number of hydrogen-bond acceptors (Lipinski definition) is 3. The number of carbonyl (C=O) groups excluding carboxylic acids is 1. The Morgan fingerprint density at radius 1 is 1.33 bits per heavy atom. The molecule has 2 rings (SSSR count). The first-order valence-corrected chi connectivity index (χ1v) is 6.57. The molecule has 1 N–H and O–H groups in total. The van der Waals surface area contributed by atoms with Gasteiger partial charge in [-0.25, -0.2) is 0 Å². The van der Waals surface area contributed by atoms with Crippen molar-refractivity contribution in [1.29, 1.82) is 0 Å². The quantitative estimate of drug-likeness (QED) is 0.872. The van der Waals surface area contributed by atoms with Crippen molar-refractivity contribution in [3.05, 3.63) is 30.1 Å². The van der Waals surface area contributed by atoms with E-state index < -0.39 is 0 Å². The van der Waals surface area contributed by atoms with E-state index in [-0.39, 0.29) is 12.5 Å². The molecular formula is C14H20N2O2. The van der Waals surface area contributed by atoms with Crippen molar-refractivity contribution >= 4 is 5.91 Å². The molecule has 0 spiro atoms. The fourth-order valence-corrected chi connectivity index (χ4v) is 2.32. The van der Waals surface area contributed by atoms with Gasteiger partial charge in [-0.3, -0.25) is 9.78 Å². The summed E-state index contributed by atoms with van der Waals surface area (Å²) in [6, 6.07) is 3.90. The molecule has 1 aromatic rings. The molecule has 1 aliphatic rings. The molecule has 0 aromatic carbocycles. The number of piperidine rings is 1. The van der Waals surface area contributed by atoms with E-state index >= 15 is 0 Å². The Labute approximate surface area is 108 Å². The monoisotopic (exact) mass is 248 g/mol. The number of aryl methyl sites for hydroxylation is 1. The van der Waals surface area contributed by atoms with Gasteiger partial charge in [0.1, 0.15) is 0 Å². The molecule has 1 aromatic heterocycles. The Balaban J connectivity index is 1.75. The first-order chi connectivity index (χ1) is 8.79. The van der Waals surface area contributed by atoms with Crippen LogP contribution in [0, 0.1) is 5.92 Å². The zero-order valence-corrected chi connectivity index (χ0v) is 10.6. The highest BCUT2D eigenvalue weighted by Crippen LogP contribution is 2.17. The van der Waals surface area contributed by atoms with Crippen LogP contribution in [0.15, 0.2) is 24.5 Å². The molecule has 1 fully saturated rings. The SMILES string of the molecule is O=C(CCc1ccncc1)N1CCC(CO)CC1. The smallest absolute Gasteiger partial charge is 0.222 e. The fraction of sp³-hybridized carbons (Fsp3) is 0.571. The van der Waals surface area contributed by atoms with Crippen LogP contribution in [0.2, 0.25) is 0 Å². The number of likely N-dealkylation sites (tertiary alicyclic amines) is 1. The van der Waals surface area contributed by atoms with E-state index in [0.29, 0.717) is 12.3 Å². The number of nitrogens with zero attached hydrogens (tertiary/aromatic N) is 2. The number of hydrogen-bond donors (Lipinski definition) is 1. The summed E-state index contributed by atoms with van der Waals surface area (Å²) in [7, 11) is 0. The first kappa shape index (κ1) is 13.0. The molecule has 4 nitrogen and oxygen atoms in total. The van der Waals surface area contributed by atoms with Gasteiger partial charge >= 0.3 is 0 Å². The lowest BCUT2D eigenvalue weighted by molar-refractivity contribution is -0.132. The van der Waals surface area contributed by atoms with Crippen molar-refractivity contribution in [3.63, 3.8) is 0 Å². The molecule has 1 saturated heterocycles. The third-order valence-corrected chi connectivity index (χ3v) is 3.60. The summed E-state index contributed by atoms with van der Waals surface area (Å²) in [5, 5.41) is 9.06. The summed E-state index contributed by atoms with van der Waals surface area (Å²) in [5.41, 5.74) is 1.16. The van der Waals surface area contributed by atoms with Gasteiger partial charge in [0.25, 0.3) is 0 Å². The molecule has 4 heteroatoms. The topological polar surface area (TPSA) is 53.4 Å². The molecule has 2 heterocycles. The summed E-state index contributed by atoms with van der Waals surface area (Å²) in [5.74, 6) is 0.609. The minimum absolute atomic E-state index is 0.225. The van der Waals surface area contributed by atoms with E-state index in [9.17, 15) is 4.79 Å². The zero-order valence-electron chi connectivity index (χ0n) is 10.6. The van der Waals surface area contributed by atoms with Crippen LogP contribution < -0.4 is 0 Å². The van der Waals surface area contributed by atoms with Crippen molar-refractivity contribution in [2.45, 2.75) is 25.7 Å². The molecule has 18 heavy (non-hydrogen) atoms. The molecule has 98 valence electrons. The van der Waals surface area contributed by atoms with E-state index in [1.54, 1.807) is 12.4 Å². The molecule has 0 aliphatic carbocycles. The van der Waals surface area contributed by atoms with E-state index in [1.807, 2.05) is 17.0 Å². The summed E-state index contributed by atoms with van der Waals surface area (Å²) in [4.78, 5) is 17.9. The van der Waals surface area contributed by atoms with Gasteiger partial charge in [0.05, 0.1) is 0 Å². The molecule has 0 saturated carbocycles. The Morgan fingerprint density at radius 2 is 2.00 bits per heavy atom. The highest BCUT2D eigenvalue weighted by atomic mass is 16.3. The van der Waals surface area contributed by atoms with Gasteiger partial charge in [-0.05, 0) is 42.9 Å². The van der Waals surface area contributed by atoms with Crippen LogP contribution >= 0.6 is 0 Å². The van der Waals surface area contributed by atoms with Gasteiger partial charge in [0, 0.05) is 38.5 Å². The number of aromatic nitrogens is 1. The second-order valence-electron chi connectivity index (χ2n) is 4.86. The lowest BCUT2D eigenvalue weighted by Gasteiger charge is -2.31. The number of amides is 1. The third kappa shape index (κ3) is 3.53. The van der Waals surface area contributed by atoms with E-state index in [2.05, 4.69) is 4.98 Å². The van der Waals surface area contributed by atoms with Crippen LogP contribution in [0.3, 0.4) is 0 Å². The highest BCUT2D eigenvalue weighted by molar-refractivity contribution is 5.76. The van der Waals surface area contributed by atoms with Crippen LogP contribution in [0.4, 0.5) is 0 Å². The Morgan fingerprint density at radius 3 is 2.61 bits per heavy atom. The lowest BCUT2D eigenvalue weighted by Crippen LogP contribution is -2.39. The normalized spacial score (nSPS) is 16.8. The maximum Gasteiger partial charge on any atom is 0.222 e. The molecule has 0 bridgehead atoms. The largest absolute Gasteiger partial charge is 0.396 e. The Bertz CT molecular complexity index is 373. The molecule has 1 amide bonds. The fourth-order valence-electron chi connectivity index (χ4n) is 2.32. The van der Waals surface area contributed by atoms with Crippen molar-refractivity contribution in [3.8, 4) is 0 Å². The maximum atomic E-state index is 12.0. The third-order valence-electron chi connectivity index (χ3n) is 3.60. The predicted octanol–water partition coefficient (Wildman–Crippen LogP) is 1.25. The van der Waals surface area contributed by atoms with Gasteiger partial charge in [0.2, 0.25) is 5.91 Å². The van der Waals surface area contributed by atoms with Gasteiger partial charge in [-0.2, -0.15) is 0 Å². The van der Waals surface area contributed by atoms with Crippen LogP contribution in [-0.2, 0) is 11.2 Å². The lowest BCUT2D eigenvalue weighted by atomic mass is 9.97. The van der Waals surface area contributed by atoms with Crippen LogP contribution in [-0.4, -0.2) is 40.6 Å². The molecule has 0 radical (unpaired) electrons. The molecule has 1 aliphatic heterocycles. The van der Waals surface area contributed by atoms with Crippen molar-refractivity contribution in [2.75, 3.05) is 19.7 Å². The number of rotatable bonds is 4. The average molecular weight is 248 g/mol. The van der Waals surface area contributed by atoms with Gasteiger partial charge in [-0.1, -0.05) is 0 Å². The minimum atomic E-state index is 0.225. The van der Waals surface area contributed by atoms with E-state index in [4.69, 9.17) is 5.11 Å². The molecule has 0 unspecified atom stereocenters. The van der Waals surface area contributed by atoms with Crippen LogP contribution in [0.1, 0.15) is 24.8 Å². The summed E-state index contributed by atoms with van der Waals surface area (Å²) >= 11 is 0. The van der Waals surface area contributed by atoms with E-state index in [0.717, 1.165) is 37.9 Å². The van der Waals surface area contributed by atoms with Crippen molar-refractivity contribution in [1.82, 2.24) is 9.88 Å². The minimum Gasteiger partial charge on any atom is -0.396 e. The highest BCUT2D eigenvalue weighted by Gasteiger charge is 2.21. The van der Waals surface area contributed by atoms with Gasteiger partial charge in [0.15, 0.2) is 0 Å². The second-order valence-corrected chi connectivity index (χ2v) is 4.86. The summed E-state index contributed by atoms with van der Waals surface area (Å²) < 4.78 is 0. The van der Waals surface area contributed by atoms with Crippen LogP contribution in [0.5, 0.6) is 0 Å². The van der Waals surface area contributed by atoms with Crippen LogP contribution in [0.25, 0.3) is 0 Å². The number of aliphatic hydroxyl groups is 1. The molecule has 0 atom stereocenters. The van der Waals surface area contributed by atoms with Gasteiger partial charge in [-0.15, -0.1) is 0 Å². The Hall–Kier alpha value is -1.42. The maximum absolute atomic E-state index is 12.0. The summed E-state index contributed by atoms with van der Waals surface area (Å²) in [6.07, 6.45) is 6.71. The number of aliphatic hydroxyl groups excluding tert-OH is 1. The summed E-state index contributed by atoms with van der Waals surface area (Å²) in [6.45, 7) is 1.83. The zero-order chi connectivity index (χ0) is 12.8. The molecular weight excluding hydrogens is 228 g/mol. The number of pyridine rings is 1. The first-order valence-electron chi connectivity index (χ1n) is 6.57.